The van der Waals surface area contributed by atoms with Crippen LogP contribution in [0.5, 0.6) is 0 Å². The van der Waals surface area contributed by atoms with Gasteiger partial charge in [0.25, 0.3) is 0 Å². The highest BCUT2D eigenvalue weighted by Gasteiger charge is 2.20. The van der Waals surface area contributed by atoms with E-state index in [4.69, 9.17) is 0 Å². The van der Waals surface area contributed by atoms with Crippen molar-refractivity contribution >= 4 is 44.6 Å². The van der Waals surface area contributed by atoms with Gasteiger partial charge >= 0.3 is 5.97 Å². The lowest BCUT2D eigenvalue weighted by Gasteiger charge is -2.29. The van der Waals surface area contributed by atoms with Crippen molar-refractivity contribution in [3.05, 3.63) is 113 Å². The molecule has 0 amide bonds. The second kappa shape index (κ2) is 8.35. The summed E-state index contributed by atoms with van der Waals surface area (Å²) < 4.78 is 0. The van der Waals surface area contributed by atoms with Crippen molar-refractivity contribution in [3.8, 4) is 0 Å². The summed E-state index contributed by atoms with van der Waals surface area (Å²) in [6.45, 7) is 8.59. The topological polar surface area (TPSA) is 40.5 Å². The lowest BCUT2D eigenvalue weighted by atomic mass is 9.96. The Balaban J connectivity index is 1.87. The summed E-state index contributed by atoms with van der Waals surface area (Å²) in [5.41, 5.74) is 8.29. The molecule has 0 aromatic heterocycles. The number of carboxylic acid groups (broad SMARTS) is 1. The van der Waals surface area contributed by atoms with Crippen LogP contribution in [0.2, 0.25) is 0 Å². The van der Waals surface area contributed by atoms with Crippen molar-refractivity contribution in [2.24, 2.45) is 0 Å². The van der Waals surface area contributed by atoms with Gasteiger partial charge in [-0.05, 0) is 97.1 Å². The van der Waals surface area contributed by atoms with Crippen LogP contribution in [0.25, 0.3) is 21.5 Å². The van der Waals surface area contributed by atoms with Crippen molar-refractivity contribution in [2.75, 3.05) is 4.90 Å². The zero-order valence-electron chi connectivity index (χ0n) is 19.9. The number of carbonyl (C=O) groups is 1. The molecule has 0 radical (unpaired) electrons. The Kier molecular flexibility index (Phi) is 5.33. The van der Waals surface area contributed by atoms with Crippen molar-refractivity contribution in [2.45, 2.75) is 27.7 Å². The van der Waals surface area contributed by atoms with Gasteiger partial charge < -0.3 is 10.0 Å². The molecule has 0 saturated heterocycles. The third-order valence-electron chi connectivity index (χ3n) is 6.72. The molecule has 3 nitrogen and oxygen atoms in total. The Morgan fingerprint density at radius 2 is 1.03 bits per heavy atom. The minimum atomic E-state index is -0.925. The Morgan fingerprint density at radius 3 is 1.47 bits per heavy atom. The summed E-state index contributed by atoms with van der Waals surface area (Å²) >= 11 is 0. The standard InChI is InChI=1S/C31H27NO2/c1-19-7-5-9-25-27(17-11-21(3)29(19)25)32(24-15-13-23(14-16-24)31(33)34)28-18-12-22(4)30-20(2)8-6-10-26(28)30/h5-18H,1-4H3,(H,33,34). The lowest BCUT2D eigenvalue weighted by molar-refractivity contribution is 0.0697. The zero-order valence-corrected chi connectivity index (χ0v) is 19.9. The van der Waals surface area contributed by atoms with Crippen LogP contribution in [0, 0.1) is 27.7 Å². The minimum Gasteiger partial charge on any atom is -0.478 e. The van der Waals surface area contributed by atoms with Gasteiger partial charge in [-0.2, -0.15) is 0 Å². The largest absolute Gasteiger partial charge is 0.478 e. The number of fused-ring (bicyclic) bond motifs is 2. The van der Waals surface area contributed by atoms with Crippen LogP contribution in [-0.2, 0) is 0 Å². The SMILES string of the molecule is Cc1cccc2c(N(c3ccc(C(=O)O)cc3)c3ccc(C)c4c(C)cccc34)ccc(C)c12. The summed E-state index contributed by atoms with van der Waals surface area (Å²) in [5, 5.41) is 14.3. The number of benzene rings is 5. The van der Waals surface area contributed by atoms with Crippen LogP contribution in [0.3, 0.4) is 0 Å². The van der Waals surface area contributed by atoms with E-state index < -0.39 is 5.97 Å². The predicted octanol–water partition coefficient (Wildman–Crippen LogP) is 8.39. The summed E-state index contributed by atoms with van der Waals surface area (Å²) in [7, 11) is 0. The molecule has 0 saturated carbocycles. The second-order valence-electron chi connectivity index (χ2n) is 8.99. The maximum absolute atomic E-state index is 11.5. The van der Waals surface area contributed by atoms with Crippen LogP contribution >= 0.6 is 0 Å². The number of hydrogen-bond acceptors (Lipinski definition) is 2. The van der Waals surface area contributed by atoms with Crippen LogP contribution < -0.4 is 4.90 Å². The van der Waals surface area contributed by atoms with Gasteiger partial charge in [0, 0.05) is 16.5 Å². The van der Waals surface area contributed by atoms with E-state index in [0.717, 1.165) is 17.1 Å². The molecule has 5 rings (SSSR count). The maximum Gasteiger partial charge on any atom is 0.335 e. The number of aryl methyl sites for hydroxylation is 4. The molecule has 34 heavy (non-hydrogen) atoms. The van der Waals surface area contributed by atoms with E-state index in [1.54, 1.807) is 12.1 Å². The molecule has 0 aliphatic carbocycles. The Hall–Kier alpha value is -4.11. The number of anilines is 3. The average Bonchev–Trinajstić information content (AvgIpc) is 2.82. The summed E-state index contributed by atoms with van der Waals surface area (Å²) in [4.78, 5) is 13.8. The van der Waals surface area contributed by atoms with Crippen molar-refractivity contribution in [1.29, 1.82) is 0 Å². The molecular formula is C31H27NO2. The fraction of sp³-hybridized carbons (Fsp3) is 0.129. The first-order valence-electron chi connectivity index (χ1n) is 11.5. The third-order valence-corrected chi connectivity index (χ3v) is 6.72. The van der Waals surface area contributed by atoms with E-state index >= 15 is 0 Å². The molecule has 0 bridgehead atoms. The van der Waals surface area contributed by atoms with Gasteiger partial charge in [-0.25, -0.2) is 4.79 Å². The van der Waals surface area contributed by atoms with Gasteiger partial charge in [0.15, 0.2) is 0 Å². The fourth-order valence-corrected chi connectivity index (χ4v) is 5.11. The third kappa shape index (κ3) is 3.50. The molecule has 3 heteroatoms. The van der Waals surface area contributed by atoms with Gasteiger partial charge in [-0.3, -0.25) is 0 Å². The molecule has 0 heterocycles. The van der Waals surface area contributed by atoms with E-state index in [9.17, 15) is 9.90 Å². The maximum atomic E-state index is 11.5. The number of carboxylic acids is 1. The van der Waals surface area contributed by atoms with Gasteiger partial charge in [0.2, 0.25) is 0 Å². The van der Waals surface area contributed by atoms with Crippen LogP contribution in [0.4, 0.5) is 17.1 Å². The monoisotopic (exact) mass is 445 g/mol. The van der Waals surface area contributed by atoms with E-state index in [2.05, 4.69) is 93.3 Å². The molecule has 5 aromatic rings. The molecule has 0 unspecified atom stereocenters. The highest BCUT2D eigenvalue weighted by Crippen LogP contribution is 2.44. The molecule has 0 aliphatic rings. The van der Waals surface area contributed by atoms with Crippen LogP contribution in [0.1, 0.15) is 32.6 Å². The smallest absolute Gasteiger partial charge is 0.335 e. The zero-order chi connectivity index (χ0) is 24.0. The Bertz CT molecular complexity index is 1460. The molecule has 0 fully saturated rings. The first-order valence-corrected chi connectivity index (χ1v) is 11.5. The average molecular weight is 446 g/mol. The highest BCUT2D eigenvalue weighted by molar-refractivity contribution is 6.07. The summed E-state index contributed by atoms with van der Waals surface area (Å²) in [5.74, 6) is -0.925. The quantitative estimate of drug-likeness (QED) is 0.302. The van der Waals surface area contributed by atoms with Crippen molar-refractivity contribution < 1.29 is 9.90 Å². The van der Waals surface area contributed by atoms with E-state index in [0.29, 0.717) is 0 Å². The van der Waals surface area contributed by atoms with Gasteiger partial charge in [0.05, 0.1) is 16.9 Å². The Morgan fingerprint density at radius 1 is 0.588 bits per heavy atom. The predicted molar refractivity (Wildman–Crippen MR) is 142 cm³/mol. The summed E-state index contributed by atoms with van der Waals surface area (Å²) in [6, 6.07) is 28.7. The van der Waals surface area contributed by atoms with Gasteiger partial charge in [0.1, 0.15) is 0 Å². The minimum absolute atomic E-state index is 0.276. The number of nitrogens with zero attached hydrogens (tertiary/aromatic N) is 1. The van der Waals surface area contributed by atoms with E-state index in [1.807, 2.05) is 12.1 Å². The molecule has 5 aromatic carbocycles. The van der Waals surface area contributed by atoms with Crippen molar-refractivity contribution in [3.63, 3.8) is 0 Å². The molecular weight excluding hydrogens is 418 g/mol. The van der Waals surface area contributed by atoms with Crippen LogP contribution in [-0.4, -0.2) is 11.1 Å². The van der Waals surface area contributed by atoms with Crippen LogP contribution in [0.15, 0.2) is 84.9 Å². The molecule has 0 spiro atoms. The van der Waals surface area contributed by atoms with Crippen molar-refractivity contribution in [1.82, 2.24) is 0 Å². The lowest BCUT2D eigenvalue weighted by Crippen LogP contribution is -2.12. The molecule has 1 N–H and O–H groups in total. The number of aromatic carboxylic acids is 1. The molecule has 0 aliphatic heterocycles. The molecule has 0 atom stereocenters. The van der Waals surface area contributed by atoms with Gasteiger partial charge in [-0.1, -0.05) is 48.5 Å². The van der Waals surface area contributed by atoms with Gasteiger partial charge in [-0.15, -0.1) is 0 Å². The summed E-state index contributed by atoms with van der Waals surface area (Å²) in [6.07, 6.45) is 0. The van der Waals surface area contributed by atoms with E-state index in [1.165, 1.54) is 43.8 Å². The number of hydrogen-bond donors (Lipinski definition) is 1. The second-order valence-corrected chi connectivity index (χ2v) is 8.99. The van der Waals surface area contributed by atoms with E-state index in [-0.39, 0.29) is 5.56 Å². The number of rotatable bonds is 4. The Labute approximate surface area is 199 Å². The normalized spacial score (nSPS) is 11.2. The first kappa shape index (κ1) is 21.7. The highest BCUT2D eigenvalue weighted by atomic mass is 16.4. The molecule has 168 valence electrons. The first-order chi connectivity index (χ1) is 16.4. The fourth-order valence-electron chi connectivity index (χ4n) is 5.11.